The van der Waals surface area contributed by atoms with E-state index in [9.17, 15) is 4.79 Å². The zero-order chi connectivity index (χ0) is 42.2. The molecule has 61 heavy (non-hydrogen) atoms. The molecule has 0 saturated carbocycles. The van der Waals surface area contributed by atoms with Crippen LogP contribution in [0.4, 0.5) is 0 Å². The first-order valence-corrected chi connectivity index (χ1v) is 20.9. The van der Waals surface area contributed by atoms with Gasteiger partial charge >= 0.3 is 5.97 Å². The van der Waals surface area contributed by atoms with Crippen LogP contribution in [-0.4, -0.2) is 81.1 Å². The van der Waals surface area contributed by atoms with Gasteiger partial charge in [-0.1, -0.05) is 152 Å². The summed E-state index contributed by atoms with van der Waals surface area (Å²) in [5.41, 5.74) is 4.86. The van der Waals surface area contributed by atoms with Gasteiger partial charge in [0.05, 0.1) is 45.7 Å². The van der Waals surface area contributed by atoms with Crippen molar-refractivity contribution in [2.24, 2.45) is 0 Å². The molecule has 5 aromatic rings. The normalized spacial score (nSPS) is 26.4. The average molecular weight is 833 g/mol. The van der Waals surface area contributed by atoms with E-state index in [4.69, 9.17) is 47.4 Å². The molecule has 0 bridgehead atoms. The third kappa shape index (κ3) is 12.6. The second-order valence-electron chi connectivity index (χ2n) is 15.2. The van der Waals surface area contributed by atoms with Gasteiger partial charge in [0.15, 0.2) is 18.7 Å². The highest BCUT2D eigenvalue weighted by Crippen LogP contribution is 2.36. The monoisotopic (exact) mass is 832 g/mol. The largest absolute Gasteiger partial charge is 0.454 e. The average Bonchev–Trinajstić information content (AvgIpc) is 3.29. The molecule has 0 aromatic heterocycles. The quantitative estimate of drug-likeness (QED) is 0.0713. The van der Waals surface area contributed by atoms with Gasteiger partial charge in [0.1, 0.15) is 36.6 Å². The number of esters is 1. The Kier molecular flexibility index (Phi) is 16.6. The maximum absolute atomic E-state index is 12.8. The van der Waals surface area contributed by atoms with Crippen molar-refractivity contribution in [1.82, 2.24) is 0 Å². The van der Waals surface area contributed by atoms with Crippen LogP contribution in [0.15, 0.2) is 152 Å². The minimum absolute atomic E-state index is 0.136. The fourth-order valence-corrected chi connectivity index (χ4v) is 7.64. The second kappa shape index (κ2) is 22.9. The molecule has 11 heteroatoms. The molecule has 2 fully saturated rings. The minimum atomic E-state index is -1.11. The fraction of sp³-hybridized carbons (Fsp3) is 0.380. The Morgan fingerprint density at radius 1 is 0.475 bits per heavy atom. The van der Waals surface area contributed by atoms with Gasteiger partial charge in [-0.3, -0.25) is 4.79 Å². The molecule has 0 spiro atoms. The van der Waals surface area contributed by atoms with Crippen molar-refractivity contribution in [3.63, 3.8) is 0 Å². The summed E-state index contributed by atoms with van der Waals surface area (Å²) in [6.07, 6.45) is -8.36. The van der Waals surface area contributed by atoms with Crippen molar-refractivity contribution < 1.29 is 52.2 Å². The van der Waals surface area contributed by atoms with Crippen molar-refractivity contribution >= 4 is 5.97 Å². The van der Waals surface area contributed by atoms with E-state index >= 15 is 0 Å². The first kappa shape index (κ1) is 44.3. The third-order valence-electron chi connectivity index (χ3n) is 10.7. The number of ether oxygens (including phenoxy) is 10. The van der Waals surface area contributed by atoms with Gasteiger partial charge < -0.3 is 47.4 Å². The van der Waals surface area contributed by atoms with Crippen LogP contribution in [0.2, 0.25) is 0 Å². The van der Waals surface area contributed by atoms with E-state index in [1.807, 2.05) is 159 Å². The van der Waals surface area contributed by atoms with Crippen molar-refractivity contribution in [1.29, 1.82) is 0 Å². The van der Waals surface area contributed by atoms with E-state index in [1.54, 1.807) is 0 Å². The molecule has 2 heterocycles. The van der Waals surface area contributed by atoms with Gasteiger partial charge in [0.25, 0.3) is 0 Å². The smallest absolute Gasteiger partial charge is 0.303 e. The molecular weight excluding hydrogens is 777 g/mol. The molecule has 322 valence electrons. The van der Waals surface area contributed by atoms with Crippen molar-refractivity contribution in [3.8, 4) is 0 Å². The summed E-state index contributed by atoms with van der Waals surface area (Å²) >= 11 is 0. The first-order valence-electron chi connectivity index (χ1n) is 20.9. The summed E-state index contributed by atoms with van der Waals surface area (Å²) in [7, 11) is 1.50. The Morgan fingerprint density at radius 2 is 0.885 bits per heavy atom. The fourth-order valence-electron chi connectivity index (χ4n) is 7.64. The zero-order valence-corrected chi connectivity index (χ0v) is 34.9. The van der Waals surface area contributed by atoms with Crippen LogP contribution >= 0.6 is 0 Å². The summed E-state index contributed by atoms with van der Waals surface area (Å²) in [6.45, 7) is 4.70. The lowest BCUT2D eigenvalue weighted by Crippen LogP contribution is -2.66. The lowest BCUT2D eigenvalue weighted by Gasteiger charge is -2.49. The Morgan fingerprint density at radius 3 is 1.33 bits per heavy atom. The number of methoxy groups -OCH3 is 1. The van der Waals surface area contributed by atoms with E-state index in [0.717, 1.165) is 27.8 Å². The number of carbonyl (C=O) groups excluding carboxylic acids is 1. The molecule has 0 aliphatic carbocycles. The van der Waals surface area contributed by atoms with Crippen molar-refractivity contribution in [2.75, 3.05) is 13.7 Å². The van der Waals surface area contributed by atoms with Gasteiger partial charge in [-0.05, 0) is 34.7 Å². The standard InChI is InChI=1S/C50H56O11/c1-35-43(54-30-38-21-11-5-12-22-38)46(48(59-36(2)51)49(52-3)58-35)61-50-47(57-33-41-27-17-8-18-28-41)45(56-32-40-25-15-7-16-26-40)44(55-31-39-23-13-6-14-24-39)42(60-50)34-53-29-37-19-9-4-10-20-37/h4-28,35,42-50H,29-34H2,1-3H3/t35-,42+,43-,44+,45-,46+,47+,48+,49+,50+/m0/s1. The number of benzene rings is 5. The maximum Gasteiger partial charge on any atom is 0.303 e. The summed E-state index contributed by atoms with van der Waals surface area (Å²) in [5.74, 6) is -0.535. The van der Waals surface area contributed by atoms with Gasteiger partial charge in [0, 0.05) is 14.0 Å². The third-order valence-corrected chi connectivity index (χ3v) is 10.7. The highest BCUT2D eigenvalue weighted by molar-refractivity contribution is 5.66. The van der Waals surface area contributed by atoms with Crippen LogP contribution in [0.25, 0.3) is 0 Å². The number of rotatable bonds is 20. The van der Waals surface area contributed by atoms with Crippen molar-refractivity contribution in [2.45, 2.75) is 108 Å². The molecule has 10 atom stereocenters. The zero-order valence-electron chi connectivity index (χ0n) is 34.9. The first-order chi connectivity index (χ1) is 29.9. The number of hydrogen-bond donors (Lipinski definition) is 0. The van der Waals surface area contributed by atoms with Gasteiger partial charge in [-0.25, -0.2) is 0 Å². The lowest BCUT2D eigenvalue weighted by molar-refractivity contribution is -0.371. The summed E-state index contributed by atoms with van der Waals surface area (Å²) in [5, 5.41) is 0. The van der Waals surface area contributed by atoms with Crippen LogP contribution < -0.4 is 0 Å². The highest BCUT2D eigenvalue weighted by atomic mass is 16.8. The Balaban J connectivity index is 1.27. The van der Waals surface area contributed by atoms with E-state index in [1.165, 1.54) is 14.0 Å². The molecule has 0 unspecified atom stereocenters. The number of hydrogen-bond acceptors (Lipinski definition) is 11. The van der Waals surface area contributed by atoms with Crippen molar-refractivity contribution in [3.05, 3.63) is 179 Å². The van der Waals surface area contributed by atoms with Gasteiger partial charge in [0.2, 0.25) is 0 Å². The topological polar surface area (TPSA) is 109 Å². The predicted octanol–water partition coefficient (Wildman–Crippen LogP) is 7.98. The molecule has 0 radical (unpaired) electrons. The van der Waals surface area contributed by atoms with Crippen LogP contribution in [-0.2, 0) is 85.2 Å². The molecule has 2 aliphatic heterocycles. The van der Waals surface area contributed by atoms with E-state index in [2.05, 4.69) is 0 Å². The molecule has 0 N–H and O–H groups in total. The predicted molar refractivity (Wildman–Crippen MR) is 227 cm³/mol. The Hall–Kier alpha value is -4.79. The molecule has 7 rings (SSSR count). The van der Waals surface area contributed by atoms with E-state index in [-0.39, 0.29) is 33.0 Å². The van der Waals surface area contributed by atoms with Crippen LogP contribution in [0.5, 0.6) is 0 Å². The van der Waals surface area contributed by atoms with E-state index < -0.39 is 67.4 Å². The highest BCUT2D eigenvalue weighted by Gasteiger charge is 2.54. The summed E-state index contributed by atoms with van der Waals surface area (Å²) in [4.78, 5) is 12.8. The Labute approximate surface area is 358 Å². The van der Waals surface area contributed by atoms with Gasteiger partial charge in [-0.2, -0.15) is 0 Å². The van der Waals surface area contributed by atoms with Crippen LogP contribution in [0.3, 0.4) is 0 Å². The summed E-state index contributed by atoms with van der Waals surface area (Å²) < 4.78 is 65.9. The summed E-state index contributed by atoms with van der Waals surface area (Å²) in [6, 6.07) is 49.6. The van der Waals surface area contributed by atoms with Crippen LogP contribution in [0.1, 0.15) is 41.7 Å². The molecule has 11 nitrogen and oxygen atoms in total. The SMILES string of the molecule is CO[C@@H]1O[C@@H](C)[C@H](OCc2ccccc2)[C@@H](O[C@H]2O[C@H](COCc3ccccc3)[C@@H](OCc3ccccc3)[C@H](OCc3ccccc3)[C@H]2OCc2ccccc2)[C@H]1OC(C)=O. The lowest BCUT2D eigenvalue weighted by atomic mass is 9.96. The molecule has 2 aliphatic rings. The molecule has 0 amide bonds. The maximum atomic E-state index is 12.8. The molecule has 2 saturated heterocycles. The van der Waals surface area contributed by atoms with Crippen LogP contribution in [0, 0.1) is 0 Å². The minimum Gasteiger partial charge on any atom is -0.454 e. The number of carbonyl (C=O) groups is 1. The second-order valence-corrected chi connectivity index (χ2v) is 15.2. The van der Waals surface area contributed by atoms with Gasteiger partial charge in [-0.15, -0.1) is 0 Å². The van der Waals surface area contributed by atoms with E-state index in [0.29, 0.717) is 6.61 Å². The molecular formula is C50H56O11. The molecule has 5 aromatic carbocycles. The Bertz CT molecular complexity index is 1990.